The predicted octanol–water partition coefficient (Wildman–Crippen LogP) is 2.67. The molecule has 0 saturated carbocycles. The fraction of sp³-hybridized carbons (Fsp3) is 0.312. The first-order chi connectivity index (χ1) is 11.3. The van der Waals surface area contributed by atoms with Crippen molar-refractivity contribution < 1.29 is 18.5 Å². The molecule has 0 fully saturated rings. The number of hydrogen-bond donors (Lipinski definition) is 3. The van der Waals surface area contributed by atoms with Crippen LogP contribution in [0.4, 0.5) is 14.9 Å². The van der Waals surface area contributed by atoms with Gasteiger partial charge < -0.3 is 20.5 Å². The Labute approximate surface area is 138 Å². The molecule has 0 unspecified atom stereocenters. The molecule has 128 valence electrons. The van der Waals surface area contributed by atoms with E-state index in [1.165, 1.54) is 19.2 Å². The Kier molecular flexibility index (Phi) is 5.18. The van der Waals surface area contributed by atoms with Crippen molar-refractivity contribution in [2.24, 2.45) is 0 Å². The summed E-state index contributed by atoms with van der Waals surface area (Å²) in [7, 11) is 1.40. The van der Waals surface area contributed by atoms with Crippen LogP contribution in [0, 0.1) is 19.7 Å². The summed E-state index contributed by atoms with van der Waals surface area (Å²) in [4.78, 5) is 23.7. The van der Waals surface area contributed by atoms with Crippen LogP contribution in [0.15, 0.2) is 22.7 Å². The molecule has 0 radical (unpaired) electrons. The third-order valence-electron chi connectivity index (χ3n) is 3.57. The van der Waals surface area contributed by atoms with Crippen LogP contribution in [0.2, 0.25) is 0 Å². The van der Waals surface area contributed by atoms with Crippen molar-refractivity contribution in [1.82, 2.24) is 15.8 Å². The molecule has 1 atom stereocenters. The number of nitrogens with zero attached hydrogens (tertiary/aromatic N) is 1. The van der Waals surface area contributed by atoms with Gasteiger partial charge in [0.05, 0.1) is 17.3 Å². The average molecular weight is 334 g/mol. The molecular weight excluding hydrogens is 315 g/mol. The zero-order valence-electron chi connectivity index (χ0n) is 13.9. The number of amides is 3. The molecule has 0 aliphatic carbocycles. The van der Waals surface area contributed by atoms with Crippen LogP contribution in [-0.4, -0.2) is 24.1 Å². The summed E-state index contributed by atoms with van der Waals surface area (Å²) in [5.74, 6) is -0.603. The number of carbonyl (C=O) groups is 2. The molecule has 1 aromatic carbocycles. The SMILES string of the molecule is CNC(=O)c1cc(NC(=O)N[C@@H](C)c2c(C)noc2C)ccc1F. The summed E-state index contributed by atoms with van der Waals surface area (Å²) in [6.45, 7) is 5.35. The second-order valence-corrected chi connectivity index (χ2v) is 5.33. The Bertz CT molecular complexity index is 753. The van der Waals surface area contributed by atoms with Gasteiger partial charge in [0.25, 0.3) is 5.91 Å². The third-order valence-corrected chi connectivity index (χ3v) is 3.57. The molecule has 2 rings (SSSR count). The maximum atomic E-state index is 13.6. The monoisotopic (exact) mass is 334 g/mol. The standard InChI is InChI=1S/C16H19FN4O3/c1-8(14-9(2)21-24-10(14)3)19-16(23)20-11-5-6-13(17)12(7-11)15(22)18-4/h5-8H,1-4H3,(H,18,22)(H2,19,20,23)/t8-/m0/s1. The molecule has 0 spiro atoms. The first-order valence-corrected chi connectivity index (χ1v) is 7.35. The van der Waals surface area contributed by atoms with Gasteiger partial charge in [-0.25, -0.2) is 9.18 Å². The number of carbonyl (C=O) groups excluding carboxylic acids is 2. The minimum atomic E-state index is -0.663. The molecule has 8 heteroatoms. The lowest BCUT2D eigenvalue weighted by atomic mass is 10.1. The van der Waals surface area contributed by atoms with E-state index in [1.54, 1.807) is 20.8 Å². The molecule has 0 aliphatic heterocycles. The van der Waals surface area contributed by atoms with Crippen LogP contribution in [0.1, 0.15) is 40.3 Å². The fourth-order valence-electron chi connectivity index (χ4n) is 2.46. The molecule has 3 N–H and O–H groups in total. The second kappa shape index (κ2) is 7.12. The number of hydrogen-bond acceptors (Lipinski definition) is 4. The molecule has 7 nitrogen and oxygen atoms in total. The number of urea groups is 1. The Balaban J connectivity index is 2.09. The van der Waals surface area contributed by atoms with Crippen molar-refractivity contribution in [3.05, 3.63) is 46.6 Å². The highest BCUT2D eigenvalue weighted by Crippen LogP contribution is 2.21. The number of aryl methyl sites for hydroxylation is 2. The third kappa shape index (κ3) is 3.70. The molecule has 0 aliphatic rings. The van der Waals surface area contributed by atoms with E-state index in [4.69, 9.17) is 4.52 Å². The lowest BCUT2D eigenvalue weighted by Gasteiger charge is -2.15. The van der Waals surface area contributed by atoms with Gasteiger partial charge in [-0.05, 0) is 39.0 Å². The Morgan fingerprint density at radius 1 is 1.29 bits per heavy atom. The van der Waals surface area contributed by atoms with Crippen molar-refractivity contribution in [3.8, 4) is 0 Å². The highest BCUT2D eigenvalue weighted by Gasteiger charge is 2.18. The molecule has 3 amide bonds. The number of aromatic nitrogens is 1. The van der Waals surface area contributed by atoms with E-state index in [0.717, 1.165) is 11.6 Å². The molecule has 1 aromatic heterocycles. The minimum Gasteiger partial charge on any atom is -0.361 e. The topological polar surface area (TPSA) is 96.3 Å². The van der Waals surface area contributed by atoms with Crippen LogP contribution in [0.3, 0.4) is 0 Å². The summed E-state index contributed by atoms with van der Waals surface area (Å²) in [5.41, 5.74) is 1.66. The minimum absolute atomic E-state index is 0.144. The van der Waals surface area contributed by atoms with E-state index >= 15 is 0 Å². The van der Waals surface area contributed by atoms with E-state index in [9.17, 15) is 14.0 Å². The fourth-order valence-corrected chi connectivity index (χ4v) is 2.46. The van der Waals surface area contributed by atoms with Crippen LogP contribution in [0.5, 0.6) is 0 Å². The quantitative estimate of drug-likeness (QED) is 0.801. The van der Waals surface area contributed by atoms with Gasteiger partial charge in [0.2, 0.25) is 0 Å². The maximum absolute atomic E-state index is 13.6. The van der Waals surface area contributed by atoms with Crippen molar-refractivity contribution in [1.29, 1.82) is 0 Å². The molecule has 0 saturated heterocycles. The van der Waals surface area contributed by atoms with E-state index in [2.05, 4.69) is 21.1 Å². The van der Waals surface area contributed by atoms with Gasteiger partial charge in [0.1, 0.15) is 11.6 Å². The maximum Gasteiger partial charge on any atom is 0.319 e. The Hall–Kier alpha value is -2.90. The lowest BCUT2D eigenvalue weighted by molar-refractivity contribution is 0.0959. The molecule has 0 bridgehead atoms. The van der Waals surface area contributed by atoms with Crippen LogP contribution in [-0.2, 0) is 0 Å². The van der Waals surface area contributed by atoms with Crippen molar-refractivity contribution >= 4 is 17.6 Å². The lowest BCUT2D eigenvalue weighted by Crippen LogP contribution is -2.31. The van der Waals surface area contributed by atoms with E-state index in [0.29, 0.717) is 17.1 Å². The molecule has 1 heterocycles. The number of nitrogens with one attached hydrogen (secondary N) is 3. The zero-order valence-corrected chi connectivity index (χ0v) is 13.9. The zero-order chi connectivity index (χ0) is 17.9. The summed E-state index contributed by atoms with van der Waals surface area (Å²) >= 11 is 0. The summed E-state index contributed by atoms with van der Waals surface area (Å²) < 4.78 is 18.7. The van der Waals surface area contributed by atoms with Crippen molar-refractivity contribution in [2.45, 2.75) is 26.8 Å². The molecule has 2 aromatic rings. The van der Waals surface area contributed by atoms with Crippen LogP contribution in [0.25, 0.3) is 0 Å². The van der Waals surface area contributed by atoms with Gasteiger partial charge in [0, 0.05) is 18.3 Å². The van der Waals surface area contributed by atoms with Gasteiger partial charge in [-0.1, -0.05) is 5.16 Å². The highest BCUT2D eigenvalue weighted by molar-refractivity contribution is 5.97. The Morgan fingerprint density at radius 2 is 2.00 bits per heavy atom. The van der Waals surface area contributed by atoms with Gasteiger partial charge in [0.15, 0.2) is 0 Å². The molecular formula is C16H19FN4O3. The highest BCUT2D eigenvalue weighted by atomic mass is 19.1. The second-order valence-electron chi connectivity index (χ2n) is 5.33. The van der Waals surface area contributed by atoms with Crippen molar-refractivity contribution in [3.63, 3.8) is 0 Å². The first kappa shape index (κ1) is 17.5. The number of rotatable bonds is 4. The first-order valence-electron chi connectivity index (χ1n) is 7.35. The smallest absolute Gasteiger partial charge is 0.319 e. The van der Waals surface area contributed by atoms with Gasteiger partial charge in [-0.3, -0.25) is 4.79 Å². The number of benzene rings is 1. The predicted molar refractivity (Wildman–Crippen MR) is 86.3 cm³/mol. The largest absolute Gasteiger partial charge is 0.361 e. The van der Waals surface area contributed by atoms with Gasteiger partial charge in [-0.15, -0.1) is 0 Å². The Morgan fingerprint density at radius 3 is 2.58 bits per heavy atom. The van der Waals surface area contributed by atoms with Crippen molar-refractivity contribution in [2.75, 3.05) is 12.4 Å². The average Bonchev–Trinajstić information content (AvgIpc) is 2.87. The normalized spacial score (nSPS) is 11.7. The van der Waals surface area contributed by atoms with Gasteiger partial charge >= 0.3 is 6.03 Å². The van der Waals surface area contributed by atoms with E-state index < -0.39 is 17.8 Å². The summed E-state index contributed by atoms with van der Waals surface area (Å²) in [6.07, 6.45) is 0. The number of halogens is 1. The van der Waals surface area contributed by atoms with Crippen LogP contribution >= 0.6 is 0 Å². The summed E-state index contributed by atoms with van der Waals surface area (Å²) in [6, 6.07) is 2.96. The van der Waals surface area contributed by atoms with E-state index in [1.807, 2.05) is 0 Å². The van der Waals surface area contributed by atoms with Crippen LogP contribution < -0.4 is 16.0 Å². The summed E-state index contributed by atoms with van der Waals surface area (Å²) in [5, 5.41) is 11.5. The number of anilines is 1. The van der Waals surface area contributed by atoms with E-state index in [-0.39, 0.29) is 11.6 Å². The molecule has 24 heavy (non-hydrogen) atoms. The van der Waals surface area contributed by atoms with Gasteiger partial charge in [-0.2, -0.15) is 0 Å².